The molecule has 3 rings (SSSR count). The van der Waals surface area contributed by atoms with Crippen LogP contribution in [0.5, 0.6) is 5.75 Å². The number of carboxylic acids is 1. The summed E-state index contributed by atoms with van der Waals surface area (Å²) in [6.07, 6.45) is 1.19. The molecule has 0 saturated heterocycles. The molecule has 27 heavy (non-hydrogen) atoms. The van der Waals surface area contributed by atoms with Crippen molar-refractivity contribution in [3.8, 4) is 5.75 Å². The summed E-state index contributed by atoms with van der Waals surface area (Å²) in [4.78, 5) is 27.8. The summed E-state index contributed by atoms with van der Waals surface area (Å²) in [5, 5.41) is 9.96. The number of rotatable bonds is 6. The first-order valence-corrected chi connectivity index (χ1v) is 7.85. The molecule has 1 heterocycles. The molecule has 1 N–H and O–H groups in total. The quantitative estimate of drug-likeness (QED) is 0.524. The van der Waals surface area contributed by atoms with Gasteiger partial charge in [0, 0.05) is 10.9 Å². The first-order chi connectivity index (χ1) is 13.0. The van der Waals surface area contributed by atoms with Crippen molar-refractivity contribution < 1.29 is 28.2 Å². The van der Waals surface area contributed by atoms with Crippen molar-refractivity contribution >= 4 is 34.3 Å². The third-order valence-electron chi connectivity index (χ3n) is 3.75. The zero-order chi connectivity index (χ0) is 19.4. The molecule has 0 bridgehead atoms. The first-order valence-electron chi connectivity index (χ1n) is 7.85. The Morgan fingerprint density at radius 2 is 1.70 bits per heavy atom. The van der Waals surface area contributed by atoms with Gasteiger partial charge in [-0.15, -0.1) is 0 Å². The molecule has 0 aliphatic carbocycles. The fraction of sp³-hybridized carbons (Fsp3) is 0.0500. The summed E-state index contributed by atoms with van der Waals surface area (Å²) in [5.41, 5.74) is 0.583. The number of aromatic nitrogens is 1. The largest absolute Gasteiger partial charge is 0.475 e. The lowest BCUT2D eigenvalue weighted by molar-refractivity contribution is -0.146. The maximum absolute atomic E-state index is 12.6. The number of nitrogens with zero attached hydrogens (tertiary/aromatic N) is 1. The van der Waals surface area contributed by atoms with Gasteiger partial charge in [0.2, 0.25) is 0 Å². The number of hydrogen-bond acceptors (Lipinski definition) is 4. The number of hydrogen-bond donors (Lipinski definition) is 1. The minimum absolute atomic E-state index is 0.118. The number of alkyl halides is 2. The average Bonchev–Trinajstić information content (AvgIpc) is 2.66. The lowest BCUT2D eigenvalue weighted by Gasteiger charge is -2.10. The Morgan fingerprint density at radius 3 is 2.44 bits per heavy atom. The van der Waals surface area contributed by atoms with E-state index in [0.29, 0.717) is 5.52 Å². The average molecular weight is 369 g/mol. The highest BCUT2D eigenvalue weighted by molar-refractivity contribution is 6.52. The summed E-state index contributed by atoms with van der Waals surface area (Å²) in [6.45, 7) is -3.06. The monoisotopic (exact) mass is 369 g/mol. The smallest absolute Gasteiger partial charge is 0.387 e. The van der Waals surface area contributed by atoms with Crippen LogP contribution in [0.1, 0.15) is 11.3 Å². The molecule has 2 aromatic carbocycles. The Hall–Kier alpha value is -3.61. The first kappa shape index (κ1) is 18.2. The molecule has 0 saturated carbocycles. The summed E-state index contributed by atoms with van der Waals surface area (Å²) < 4.78 is 29.6. The number of pyridine rings is 1. The number of ether oxygens (including phenoxy) is 1. The zero-order valence-electron chi connectivity index (χ0n) is 13.8. The Kier molecular flexibility index (Phi) is 5.21. The van der Waals surface area contributed by atoms with Gasteiger partial charge in [-0.2, -0.15) is 8.78 Å². The topological polar surface area (TPSA) is 76.5 Å². The van der Waals surface area contributed by atoms with Crippen molar-refractivity contribution in [3.05, 3.63) is 71.9 Å². The van der Waals surface area contributed by atoms with Gasteiger partial charge < -0.3 is 9.84 Å². The van der Waals surface area contributed by atoms with Crippen LogP contribution in [0.3, 0.4) is 0 Å². The van der Waals surface area contributed by atoms with Crippen LogP contribution in [0.2, 0.25) is 0 Å². The standard InChI is InChI=1S/C20H13F2NO4/c21-20(22)27-17-8-4-2-6-13(17)11-14(18(24)19(25)26)16-10-9-12-5-1-3-7-15(12)23-16/h1-11,20H,(H,25,26)/b14-11-. The Morgan fingerprint density at radius 1 is 1.00 bits per heavy atom. The number of aliphatic carboxylic acids is 1. The number of carbonyl (C=O) groups is 2. The van der Waals surface area contributed by atoms with E-state index in [1.54, 1.807) is 24.3 Å². The molecule has 5 nitrogen and oxygen atoms in total. The van der Waals surface area contributed by atoms with Gasteiger partial charge in [0.15, 0.2) is 0 Å². The molecule has 3 aromatic rings. The van der Waals surface area contributed by atoms with Crippen molar-refractivity contribution in [2.75, 3.05) is 0 Å². The van der Waals surface area contributed by atoms with Gasteiger partial charge in [-0.3, -0.25) is 4.79 Å². The van der Waals surface area contributed by atoms with Crippen molar-refractivity contribution in [1.82, 2.24) is 4.98 Å². The zero-order valence-corrected chi connectivity index (χ0v) is 13.8. The number of ketones is 1. The van der Waals surface area contributed by atoms with Crippen LogP contribution >= 0.6 is 0 Å². The van der Waals surface area contributed by atoms with E-state index in [1.807, 2.05) is 12.1 Å². The van der Waals surface area contributed by atoms with E-state index in [2.05, 4.69) is 9.72 Å². The third kappa shape index (κ3) is 4.14. The minimum Gasteiger partial charge on any atom is -0.475 e. The van der Waals surface area contributed by atoms with Crippen LogP contribution in [0, 0.1) is 0 Å². The molecule has 1 aromatic heterocycles. The second-order valence-electron chi connectivity index (χ2n) is 5.50. The summed E-state index contributed by atoms with van der Waals surface area (Å²) in [6, 6.07) is 16.1. The number of fused-ring (bicyclic) bond motifs is 1. The molecular formula is C20H13F2NO4. The van der Waals surface area contributed by atoms with E-state index >= 15 is 0 Å². The van der Waals surface area contributed by atoms with E-state index < -0.39 is 18.4 Å². The minimum atomic E-state index is -3.06. The highest BCUT2D eigenvalue weighted by Crippen LogP contribution is 2.27. The fourth-order valence-corrected chi connectivity index (χ4v) is 2.55. The molecule has 0 aliphatic rings. The maximum atomic E-state index is 12.6. The van der Waals surface area contributed by atoms with Crippen LogP contribution in [-0.2, 0) is 9.59 Å². The SMILES string of the molecule is O=C(O)C(=O)/C(=C\c1ccccc1OC(F)F)c1ccc2ccccc2n1. The molecule has 0 atom stereocenters. The molecule has 136 valence electrons. The normalized spacial score (nSPS) is 11.6. The molecule has 0 spiro atoms. The summed E-state index contributed by atoms with van der Waals surface area (Å²) in [5.74, 6) is -3.06. The van der Waals surface area contributed by atoms with Crippen molar-refractivity contribution in [2.24, 2.45) is 0 Å². The van der Waals surface area contributed by atoms with Gasteiger partial charge in [-0.1, -0.05) is 42.5 Å². The van der Waals surface area contributed by atoms with E-state index in [0.717, 1.165) is 5.39 Å². The lowest BCUT2D eigenvalue weighted by Crippen LogP contribution is -2.15. The molecule has 0 fully saturated rings. The van der Waals surface area contributed by atoms with E-state index in [9.17, 15) is 18.4 Å². The van der Waals surface area contributed by atoms with Crippen molar-refractivity contribution in [2.45, 2.75) is 6.61 Å². The van der Waals surface area contributed by atoms with Crippen LogP contribution in [0.25, 0.3) is 22.6 Å². The van der Waals surface area contributed by atoms with Gasteiger partial charge in [-0.25, -0.2) is 9.78 Å². The third-order valence-corrected chi connectivity index (χ3v) is 3.75. The highest BCUT2D eigenvalue weighted by atomic mass is 19.3. The fourth-order valence-electron chi connectivity index (χ4n) is 2.55. The lowest BCUT2D eigenvalue weighted by atomic mass is 10.0. The molecule has 7 heteroatoms. The number of Topliss-reactive ketones (excluding diaryl/α,β-unsaturated/α-hetero) is 1. The summed E-state index contributed by atoms with van der Waals surface area (Å²) >= 11 is 0. The number of halogens is 2. The Labute approximate surface area is 152 Å². The molecule has 0 aliphatic heterocycles. The Bertz CT molecular complexity index is 1050. The van der Waals surface area contributed by atoms with Crippen LogP contribution in [-0.4, -0.2) is 28.5 Å². The molecular weight excluding hydrogens is 356 g/mol. The molecule has 0 radical (unpaired) electrons. The Balaban J connectivity index is 2.15. The van der Waals surface area contributed by atoms with Gasteiger partial charge in [0.1, 0.15) is 5.75 Å². The van der Waals surface area contributed by atoms with Crippen molar-refractivity contribution in [1.29, 1.82) is 0 Å². The second kappa shape index (κ2) is 7.74. The number of carboxylic acid groups (broad SMARTS) is 1. The van der Waals surface area contributed by atoms with Gasteiger partial charge >= 0.3 is 12.6 Å². The van der Waals surface area contributed by atoms with Crippen LogP contribution in [0.15, 0.2) is 60.7 Å². The van der Waals surface area contributed by atoms with E-state index in [1.165, 1.54) is 30.3 Å². The van der Waals surface area contributed by atoms with E-state index in [-0.39, 0.29) is 22.6 Å². The van der Waals surface area contributed by atoms with Crippen LogP contribution in [0.4, 0.5) is 8.78 Å². The highest BCUT2D eigenvalue weighted by Gasteiger charge is 2.22. The van der Waals surface area contributed by atoms with Gasteiger partial charge in [-0.05, 0) is 24.3 Å². The number of para-hydroxylation sites is 2. The van der Waals surface area contributed by atoms with Gasteiger partial charge in [0.05, 0.1) is 16.8 Å². The van der Waals surface area contributed by atoms with E-state index in [4.69, 9.17) is 5.11 Å². The maximum Gasteiger partial charge on any atom is 0.387 e. The predicted octanol–water partition coefficient (Wildman–Crippen LogP) is 4.03. The second-order valence-corrected chi connectivity index (χ2v) is 5.50. The number of benzene rings is 2. The predicted molar refractivity (Wildman–Crippen MR) is 95.3 cm³/mol. The molecule has 0 amide bonds. The van der Waals surface area contributed by atoms with Crippen LogP contribution < -0.4 is 4.74 Å². The number of carbonyl (C=O) groups excluding carboxylic acids is 1. The van der Waals surface area contributed by atoms with Crippen molar-refractivity contribution in [3.63, 3.8) is 0 Å². The molecule has 0 unspecified atom stereocenters. The van der Waals surface area contributed by atoms with Gasteiger partial charge in [0.25, 0.3) is 5.78 Å². The summed E-state index contributed by atoms with van der Waals surface area (Å²) in [7, 11) is 0.